The highest BCUT2D eigenvalue weighted by molar-refractivity contribution is 7.99. The number of amides is 2. The number of aromatic nitrogens is 2. The van der Waals surface area contributed by atoms with Crippen LogP contribution < -0.4 is 15.8 Å². The standard InChI is InChI=1S/C25H28N4O3S/c1-16(2)13-14-28-22(31)17-9-5-6-10-18(17)27-24(28)33-15-21(30)29-20-12-8-7-11-19(20)26-23(32)25(29,3)4/h5-12,16H,13-15H2,1-4H3,(H,26,32). The quantitative estimate of drug-likeness (QED) is 0.434. The molecule has 0 fully saturated rings. The van der Waals surface area contributed by atoms with Crippen LogP contribution >= 0.6 is 11.8 Å². The summed E-state index contributed by atoms with van der Waals surface area (Å²) < 4.78 is 1.67. The van der Waals surface area contributed by atoms with Crippen LogP contribution in [0.4, 0.5) is 11.4 Å². The molecule has 172 valence electrons. The Balaban J connectivity index is 1.67. The summed E-state index contributed by atoms with van der Waals surface area (Å²) in [4.78, 5) is 45.6. The van der Waals surface area contributed by atoms with Gasteiger partial charge in [0.25, 0.3) is 5.56 Å². The summed E-state index contributed by atoms with van der Waals surface area (Å²) in [5.74, 6) is 0.0201. The van der Waals surface area contributed by atoms with Crippen molar-refractivity contribution in [3.8, 4) is 0 Å². The molecule has 4 rings (SSSR count). The number of carbonyl (C=O) groups is 2. The molecule has 3 aromatic rings. The Labute approximate surface area is 197 Å². The summed E-state index contributed by atoms with van der Waals surface area (Å²) in [6.07, 6.45) is 0.828. The fraction of sp³-hybridized carbons (Fsp3) is 0.360. The molecule has 0 bridgehead atoms. The molecule has 0 unspecified atom stereocenters. The topological polar surface area (TPSA) is 84.3 Å². The van der Waals surface area contributed by atoms with Crippen LogP contribution in [0.3, 0.4) is 0 Å². The Hall–Kier alpha value is -3.13. The van der Waals surface area contributed by atoms with E-state index in [0.29, 0.717) is 39.9 Å². The third-order valence-corrected chi connectivity index (χ3v) is 6.80. The van der Waals surface area contributed by atoms with Gasteiger partial charge in [-0.05, 0) is 50.5 Å². The zero-order valence-corrected chi connectivity index (χ0v) is 20.1. The van der Waals surface area contributed by atoms with E-state index in [2.05, 4.69) is 19.2 Å². The molecule has 0 saturated heterocycles. The first-order chi connectivity index (χ1) is 15.7. The van der Waals surface area contributed by atoms with Crippen LogP contribution in [-0.4, -0.2) is 32.7 Å². The zero-order chi connectivity index (χ0) is 23.8. The van der Waals surface area contributed by atoms with Gasteiger partial charge in [-0.25, -0.2) is 4.98 Å². The van der Waals surface area contributed by atoms with Crippen LogP contribution in [-0.2, 0) is 16.1 Å². The number of fused-ring (bicyclic) bond motifs is 2. The molecule has 1 N–H and O–H groups in total. The Kier molecular flexibility index (Phi) is 6.30. The highest BCUT2D eigenvalue weighted by Crippen LogP contribution is 2.37. The minimum Gasteiger partial charge on any atom is -0.322 e. The molecule has 2 heterocycles. The summed E-state index contributed by atoms with van der Waals surface area (Å²) >= 11 is 1.24. The molecule has 0 atom stereocenters. The number of nitrogens with one attached hydrogen (secondary N) is 1. The largest absolute Gasteiger partial charge is 0.322 e. The lowest BCUT2D eigenvalue weighted by atomic mass is 9.96. The summed E-state index contributed by atoms with van der Waals surface area (Å²) in [5.41, 5.74) is 0.745. The first-order valence-electron chi connectivity index (χ1n) is 11.1. The van der Waals surface area contributed by atoms with E-state index in [9.17, 15) is 14.4 Å². The fourth-order valence-corrected chi connectivity index (χ4v) is 4.81. The van der Waals surface area contributed by atoms with E-state index in [1.807, 2.05) is 36.4 Å². The molecule has 0 radical (unpaired) electrons. The molecule has 8 heteroatoms. The fourth-order valence-electron chi connectivity index (χ4n) is 3.93. The normalized spacial score (nSPS) is 14.9. The van der Waals surface area contributed by atoms with Gasteiger partial charge in [0.15, 0.2) is 5.16 Å². The lowest BCUT2D eigenvalue weighted by molar-refractivity contribution is -0.125. The van der Waals surface area contributed by atoms with Gasteiger partial charge in [0.1, 0.15) is 5.54 Å². The van der Waals surface area contributed by atoms with Crippen molar-refractivity contribution in [2.75, 3.05) is 16.0 Å². The first-order valence-corrected chi connectivity index (χ1v) is 12.0. The second kappa shape index (κ2) is 9.02. The van der Waals surface area contributed by atoms with Gasteiger partial charge in [-0.3, -0.25) is 23.9 Å². The van der Waals surface area contributed by atoms with Gasteiger partial charge in [-0.15, -0.1) is 0 Å². The van der Waals surface area contributed by atoms with Crippen molar-refractivity contribution in [1.29, 1.82) is 0 Å². The van der Waals surface area contributed by atoms with Gasteiger partial charge >= 0.3 is 0 Å². The number of para-hydroxylation sites is 3. The van der Waals surface area contributed by atoms with Crippen LogP contribution in [0, 0.1) is 5.92 Å². The van der Waals surface area contributed by atoms with Gasteiger partial charge in [0, 0.05) is 6.54 Å². The van der Waals surface area contributed by atoms with Crippen LogP contribution in [0.25, 0.3) is 10.9 Å². The molecule has 1 aliphatic heterocycles. The van der Waals surface area contributed by atoms with E-state index in [0.717, 1.165) is 6.42 Å². The maximum Gasteiger partial charge on any atom is 0.262 e. The van der Waals surface area contributed by atoms with E-state index in [1.54, 1.807) is 35.4 Å². The van der Waals surface area contributed by atoms with Crippen LogP contribution in [0.1, 0.15) is 34.1 Å². The molecule has 1 aromatic heterocycles. The molecule has 1 aliphatic rings. The van der Waals surface area contributed by atoms with Gasteiger partial charge < -0.3 is 5.32 Å². The number of nitrogens with zero attached hydrogens (tertiary/aromatic N) is 3. The Morgan fingerprint density at radius 3 is 2.55 bits per heavy atom. The van der Waals surface area contributed by atoms with E-state index in [1.165, 1.54) is 11.8 Å². The number of hydrogen-bond donors (Lipinski definition) is 1. The summed E-state index contributed by atoms with van der Waals surface area (Å²) in [6, 6.07) is 14.5. The first kappa shape index (κ1) is 23.0. The van der Waals surface area contributed by atoms with Crippen molar-refractivity contribution >= 4 is 45.9 Å². The average Bonchev–Trinajstić information content (AvgIpc) is 2.77. The van der Waals surface area contributed by atoms with E-state index in [4.69, 9.17) is 4.98 Å². The minimum absolute atomic E-state index is 0.0531. The van der Waals surface area contributed by atoms with E-state index in [-0.39, 0.29) is 23.1 Å². The second-order valence-electron chi connectivity index (χ2n) is 9.10. The smallest absolute Gasteiger partial charge is 0.262 e. The lowest BCUT2D eigenvalue weighted by Crippen LogP contribution is -2.59. The molecule has 7 nitrogen and oxygen atoms in total. The van der Waals surface area contributed by atoms with Crippen LogP contribution in [0.15, 0.2) is 58.5 Å². The highest BCUT2D eigenvalue weighted by atomic mass is 32.2. The van der Waals surface area contributed by atoms with Gasteiger partial charge in [-0.2, -0.15) is 0 Å². The number of anilines is 2. The molecule has 2 amide bonds. The van der Waals surface area contributed by atoms with Crippen molar-refractivity contribution in [1.82, 2.24) is 9.55 Å². The van der Waals surface area contributed by atoms with Crippen LogP contribution in [0.2, 0.25) is 0 Å². The average molecular weight is 465 g/mol. The monoisotopic (exact) mass is 464 g/mol. The number of rotatable bonds is 6. The third kappa shape index (κ3) is 4.39. The number of carbonyl (C=O) groups excluding carboxylic acids is 2. The molecular formula is C25H28N4O3S. The highest BCUT2D eigenvalue weighted by Gasteiger charge is 2.43. The molecule has 0 saturated carbocycles. The van der Waals surface area contributed by atoms with Crippen molar-refractivity contribution in [2.45, 2.75) is 51.4 Å². The number of benzene rings is 2. The molecule has 0 spiro atoms. The van der Waals surface area contributed by atoms with Crippen molar-refractivity contribution in [3.63, 3.8) is 0 Å². The Morgan fingerprint density at radius 2 is 1.79 bits per heavy atom. The predicted molar refractivity (Wildman–Crippen MR) is 133 cm³/mol. The number of thioether (sulfide) groups is 1. The van der Waals surface area contributed by atoms with Gasteiger partial charge in [0.2, 0.25) is 11.8 Å². The molecule has 2 aromatic carbocycles. The van der Waals surface area contributed by atoms with Gasteiger partial charge in [-0.1, -0.05) is 49.9 Å². The Morgan fingerprint density at radius 1 is 1.09 bits per heavy atom. The second-order valence-corrected chi connectivity index (χ2v) is 10.0. The van der Waals surface area contributed by atoms with E-state index >= 15 is 0 Å². The molecular weight excluding hydrogens is 436 g/mol. The summed E-state index contributed by atoms with van der Waals surface area (Å²) in [6.45, 7) is 8.21. The molecule has 33 heavy (non-hydrogen) atoms. The van der Waals surface area contributed by atoms with Crippen molar-refractivity contribution in [3.05, 3.63) is 58.9 Å². The third-order valence-electron chi connectivity index (χ3n) is 5.84. The zero-order valence-electron chi connectivity index (χ0n) is 19.3. The van der Waals surface area contributed by atoms with Crippen molar-refractivity contribution in [2.24, 2.45) is 5.92 Å². The van der Waals surface area contributed by atoms with Gasteiger partial charge in [0.05, 0.1) is 28.0 Å². The number of hydrogen-bond acceptors (Lipinski definition) is 5. The van der Waals surface area contributed by atoms with Crippen LogP contribution in [0.5, 0.6) is 0 Å². The predicted octanol–water partition coefficient (Wildman–Crippen LogP) is 4.30. The maximum absolute atomic E-state index is 13.4. The Bertz CT molecular complexity index is 1280. The maximum atomic E-state index is 13.4. The van der Waals surface area contributed by atoms with Crippen molar-refractivity contribution < 1.29 is 9.59 Å². The lowest BCUT2D eigenvalue weighted by Gasteiger charge is -2.42. The minimum atomic E-state index is -1.04. The summed E-state index contributed by atoms with van der Waals surface area (Å²) in [5, 5.41) is 3.96. The SMILES string of the molecule is CC(C)CCn1c(SCC(=O)N2c3ccccc3NC(=O)C2(C)C)nc2ccccc2c1=O. The summed E-state index contributed by atoms with van der Waals surface area (Å²) in [7, 11) is 0. The molecule has 0 aliphatic carbocycles. The van der Waals surface area contributed by atoms with E-state index < -0.39 is 5.54 Å².